The minimum Gasteiger partial charge on any atom is -0.388 e. The molecule has 10 heavy (non-hydrogen) atoms. The molecule has 1 rings (SSSR count). The van der Waals surface area contributed by atoms with Gasteiger partial charge in [-0.05, 0) is 0 Å². The highest BCUT2D eigenvalue weighted by atomic mass is 16.1. The maximum Gasteiger partial charge on any atom is 0.219 e. The standard InChI is InChI=1S/C6H11N3O/c7-6(10)3-5-4-8-1-2-9-5/h1-2,5,8-9H,3-4H2,(H2,7,10). The van der Waals surface area contributed by atoms with Crippen LogP contribution in [0.3, 0.4) is 0 Å². The van der Waals surface area contributed by atoms with Crippen LogP contribution in [0.4, 0.5) is 0 Å². The molecule has 0 aromatic rings. The molecule has 0 aromatic heterocycles. The van der Waals surface area contributed by atoms with Gasteiger partial charge in [-0.3, -0.25) is 4.79 Å². The Morgan fingerprint density at radius 3 is 3.00 bits per heavy atom. The predicted octanol–water partition coefficient (Wildman–Crippen LogP) is -1.11. The number of rotatable bonds is 2. The lowest BCUT2D eigenvalue weighted by Crippen LogP contribution is -2.40. The number of nitrogens with one attached hydrogen (secondary N) is 2. The molecular formula is C6H11N3O. The second kappa shape index (κ2) is 3.10. The Bertz CT molecular complexity index is 155. The molecule has 0 radical (unpaired) electrons. The summed E-state index contributed by atoms with van der Waals surface area (Å²) in [5.74, 6) is -0.269. The monoisotopic (exact) mass is 141 g/mol. The molecule has 0 saturated heterocycles. The Morgan fingerprint density at radius 2 is 2.50 bits per heavy atom. The topological polar surface area (TPSA) is 67.2 Å². The summed E-state index contributed by atoms with van der Waals surface area (Å²) in [6.07, 6.45) is 3.96. The van der Waals surface area contributed by atoms with E-state index in [2.05, 4.69) is 10.6 Å². The summed E-state index contributed by atoms with van der Waals surface area (Å²) < 4.78 is 0. The van der Waals surface area contributed by atoms with Crippen molar-refractivity contribution in [2.24, 2.45) is 5.73 Å². The number of nitrogens with two attached hydrogens (primary N) is 1. The molecule has 0 aromatic carbocycles. The van der Waals surface area contributed by atoms with E-state index in [1.807, 2.05) is 0 Å². The Balaban J connectivity index is 2.28. The molecule has 0 spiro atoms. The van der Waals surface area contributed by atoms with Crippen LogP contribution in [0.1, 0.15) is 6.42 Å². The molecule has 1 amide bonds. The largest absolute Gasteiger partial charge is 0.388 e. The second-order valence-corrected chi connectivity index (χ2v) is 2.28. The number of hydrogen-bond acceptors (Lipinski definition) is 3. The zero-order valence-corrected chi connectivity index (χ0v) is 5.63. The van der Waals surface area contributed by atoms with Gasteiger partial charge >= 0.3 is 0 Å². The highest BCUT2D eigenvalue weighted by Gasteiger charge is 2.10. The smallest absolute Gasteiger partial charge is 0.219 e. The van der Waals surface area contributed by atoms with E-state index in [9.17, 15) is 4.79 Å². The van der Waals surface area contributed by atoms with Crippen molar-refractivity contribution in [3.05, 3.63) is 12.4 Å². The normalized spacial score (nSPS) is 23.0. The van der Waals surface area contributed by atoms with Gasteiger partial charge in [0.2, 0.25) is 5.91 Å². The van der Waals surface area contributed by atoms with Crippen LogP contribution in [0, 0.1) is 0 Å². The van der Waals surface area contributed by atoms with Crippen molar-refractivity contribution < 1.29 is 4.79 Å². The molecule has 0 saturated carbocycles. The van der Waals surface area contributed by atoms with Crippen molar-refractivity contribution in [3.63, 3.8) is 0 Å². The van der Waals surface area contributed by atoms with Crippen LogP contribution in [0.15, 0.2) is 12.4 Å². The first kappa shape index (κ1) is 6.92. The summed E-state index contributed by atoms with van der Waals surface area (Å²) in [4.78, 5) is 10.4. The van der Waals surface area contributed by atoms with Gasteiger partial charge in [0.15, 0.2) is 0 Å². The Kier molecular flexibility index (Phi) is 2.15. The van der Waals surface area contributed by atoms with Crippen molar-refractivity contribution in [1.82, 2.24) is 10.6 Å². The first-order valence-electron chi connectivity index (χ1n) is 3.22. The van der Waals surface area contributed by atoms with E-state index in [4.69, 9.17) is 5.73 Å². The van der Waals surface area contributed by atoms with E-state index in [0.717, 1.165) is 6.54 Å². The number of primary amides is 1. The molecule has 56 valence electrons. The van der Waals surface area contributed by atoms with Gasteiger partial charge in [-0.2, -0.15) is 0 Å². The lowest BCUT2D eigenvalue weighted by atomic mass is 10.2. The average molecular weight is 141 g/mol. The molecule has 0 fully saturated rings. The third kappa shape index (κ3) is 1.97. The van der Waals surface area contributed by atoms with E-state index >= 15 is 0 Å². The van der Waals surface area contributed by atoms with Crippen molar-refractivity contribution >= 4 is 5.91 Å². The Labute approximate surface area is 59.5 Å². The summed E-state index contributed by atoms with van der Waals surface area (Å²) in [5, 5.41) is 6.00. The summed E-state index contributed by atoms with van der Waals surface area (Å²) in [5.41, 5.74) is 4.99. The van der Waals surface area contributed by atoms with Gasteiger partial charge in [0.25, 0.3) is 0 Å². The SMILES string of the molecule is NC(=O)CC1CNC=CN1. The van der Waals surface area contributed by atoms with E-state index < -0.39 is 0 Å². The fraction of sp³-hybridized carbons (Fsp3) is 0.500. The van der Waals surface area contributed by atoms with Crippen LogP contribution in [0.25, 0.3) is 0 Å². The minimum atomic E-state index is -0.269. The zero-order valence-electron chi connectivity index (χ0n) is 5.63. The Morgan fingerprint density at radius 1 is 1.70 bits per heavy atom. The number of amides is 1. The molecule has 4 nitrogen and oxygen atoms in total. The van der Waals surface area contributed by atoms with Gasteiger partial charge in [-0.15, -0.1) is 0 Å². The molecule has 1 atom stereocenters. The summed E-state index contributed by atoms with van der Waals surface area (Å²) in [7, 11) is 0. The third-order valence-corrected chi connectivity index (χ3v) is 1.34. The van der Waals surface area contributed by atoms with Gasteiger partial charge in [-0.25, -0.2) is 0 Å². The molecule has 4 N–H and O–H groups in total. The van der Waals surface area contributed by atoms with Crippen LogP contribution in [0.2, 0.25) is 0 Å². The van der Waals surface area contributed by atoms with Gasteiger partial charge in [-0.1, -0.05) is 0 Å². The van der Waals surface area contributed by atoms with E-state index in [-0.39, 0.29) is 11.9 Å². The average Bonchev–Trinajstić information content (AvgIpc) is 1.88. The van der Waals surface area contributed by atoms with E-state index in [0.29, 0.717) is 6.42 Å². The fourth-order valence-corrected chi connectivity index (χ4v) is 0.886. The van der Waals surface area contributed by atoms with Gasteiger partial charge in [0.1, 0.15) is 0 Å². The third-order valence-electron chi connectivity index (χ3n) is 1.34. The summed E-state index contributed by atoms with van der Waals surface area (Å²) in [6, 6.07) is 0.155. The first-order valence-corrected chi connectivity index (χ1v) is 3.22. The lowest BCUT2D eigenvalue weighted by molar-refractivity contribution is -0.118. The van der Waals surface area contributed by atoms with Gasteiger partial charge in [0.05, 0.1) is 6.04 Å². The van der Waals surface area contributed by atoms with Crippen molar-refractivity contribution in [1.29, 1.82) is 0 Å². The molecule has 1 aliphatic heterocycles. The van der Waals surface area contributed by atoms with Gasteiger partial charge in [0, 0.05) is 25.4 Å². The summed E-state index contributed by atoms with van der Waals surface area (Å²) in [6.45, 7) is 0.763. The van der Waals surface area contributed by atoms with Crippen LogP contribution >= 0.6 is 0 Å². The van der Waals surface area contributed by atoms with Crippen LogP contribution in [0.5, 0.6) is 0 Å². The van der Waals surface area contributed by atoms with E-state index in [1.54, 1.807) is 12.4 Å². The highest BCUT2D eigenvalue weighted by Crippen LogP contribution is 1.92. The lowest BCUT2D eigenvalue weighted by Gasteiger charge is -2.19. The quantitative estimate of drug-likeness (QED) is 0.457. The first-order chi connectivity index (χ1) is 4.79. The maximum atomic E-state index is 10.4. The maximum absolute atomic E-state index is 10.4. The minimum absolute atomic E-state index is 0.155. The highest BCUT2D eigenvalue weighted by molar-refractivity contribution is 5.74. The molecule has 0 bridgehead atoms. The fourth-order valence-electron chi connectivity index (χ4n) is 0.886. The number of hydrogen-bond donors (Lipinski definition) is 3. The van der Waals surface area contributed by atoms with Crippen LogP contribution in [-0.2, 0) is 4.79 Å². The molecule has 4 heteroatoms. The van der Waals surface area contributed by atoms with Crippen LogP contribution in [-0.4, -0.2) is 18.5 Å². The van der Waals surface area contributed by atoms with E-state index in [1.165, 1.54) is 0 Å². The summed E-state index contributed by atoms with van der Waals surface area (Å²) >= 11 is 0. The van der Waals surface area contributed by atoms with Gasteiger partial charge < -0.3 is 16.4 Å². The Hall–Kier alpha value is -1.19. The van der Waals surface area contributed by atoms with Crippen LogP contribution < -0.4 is 16.4 Å². The molecule has 0 aliphatic carbocycles. The number of carbonyl (C=O) groups excluding carboxylic acids is 1. The molecule has 1 aliphatic rings. The van der Waals surface area contributed by atoms with Crippen molar-refractivity contribution in [2.75, 3.05) is 6.54 Å². The number of carbonyl (C=O) groups is 1. The molecule has 1 unspecified atom stereocenters. The second-order valence-electron chi connectivity index (χ2n) is 2.28. The zero-order chi connectivity index (χ0) is 7.40. The van der Waals surface area contributed by atoms with Crippen molar-refractivity contribution in [3.8, 4) is 0 Å². The van der Waals surface area contributed by atoms with Crippen molar-refractivity contribution in [2.45, 2.75) is 12.5 Å². The molecular weight excluding hydrogens is 130 g/mol. The molecule has 1 heterocycles. The predicted molar refractivity (Wildman–Crippen MR) is 37.9 cm³/mol.